The summed E-state index contributed by atoms with van der Waals surface area (Å²) in [5.41, 5.74) is 0. The van der Waals surface area contributed by atoms with Crippen LogP contribution < -0.4 is 0 Å². The molecule has 5 nitrogen and oxygen atoms in total. The molecule has 0 aromatic rings. The van der Waals surface area contributed by atoms with Crippen LogP contribution in [0.25, 0.3) is 0 Å². The topological polar surface area (TPSA) is 87.0 Å². The number of hydrogen-bond donors (Lipinski definition) is 3. The lowest BCUT2D eigenvalue weighted by molar-refractivity contribution is 0.224. The summed E-state index contributed by atoms with van der Waals surface area (Å²) < 4.78 is 14.1. The molecule has 0 aliphatic rings. The van der Waals surface area contributed by atoms with Gasteiger partial charge < -0.3 is 14.4 Å². The van der Waals surface area contributed by atoms with Crippen molar-refractivity contribution in [3.05, 3.63) is 0 Å². The van der Waals surface area contributed by atoms with Crippen LogP contribution in [0.5, 0.6) is 0 Å². The number of rotatable bonds is 6. The molecule has 0 atom stereocenters. The van der Waals surface area contributed by atoms with E-state index in [2.05, 4.69) is 4.52 Å². The van der Waals surface area contributed by atoms with E-state index in [1.165, 1.54) is 0 Å². The van der Waals surface area contributed by atoms with E-state index in [0.717, 1.165) is 0 Å². The second-order valence-electron chi connectivity index (χ2n) is 2.14. The predicted molar refractivity (Wildman–Crippen MR) is 40.0 cm³/mol. The summed E-state index contributed by atoms with van der Waals surface area (Å²) in [7, 11) is -4.22. The Morgan fingerprint density at radius 3 is 2.36 bits per heavy atom. The van der Waals surface area contributed by atoms with Gasteiger partial charge in [-0.05, 0) is 12.8 Å². The van der Waals surface area contributed by atoms with Crippen molar-refractivity contribution in [2.75, 3.05) is 6.61 Å². The minimum absolute atomic E-state index is 0.00606. The molecule has 0 saturated carbocycles. The summed E-state index contributed by atoms with van der Waals surface area (Å²) in [6, 6.07) is 0.00606. The Balaban J connectivity index is 3.08. The Morgan fingerprint density at radius 2 is 1.91 bits per heavy atom. The van der Waals surface area contributed by atoms with Gasteiger partial charge in [0, 0.05) is 6.04 Å². The van der Waals surface area contributed by atoms with Gasteiger partial charge in [0.15, 0.2) is 0 Å². The molecule has 0 rings (SSSR count). The molecule has 0 saturated heterocycles. The van der Waals surface area contributed by atoms with E-state index >= 15 is 0 Å². The van der Waals surface area contributed by atoms with Gasteiger partial charge in [-0.15, -0.1) is 0 Å². The maximum atomic E-state index is 9.70. The van der Waals surface area contributed by atoms with E-state index < -0.39 is 8.80 Å². The van der Waals surface area contributed by atoms with Crippen molar-refractivity contribution >= 4 is 17.5 Å². The average molecular weight is 198 g/mol. The van der Waals surface area contributed by atoms with Crippen molar-refractivity contribution in [1.82, 2.24) is 0 Å². The summed E-state index contributed by atoms with van der Waals surface area (Å²) in [5.74, 6) is 0. The highest BCUT2D eigenvalue weighted by Gasteiger charge is 2.25. The first-order valence-corrected chi connectivity index (χ1v) is 5.96. The quantitative estimate of drug-likeness (QED) is 0.315. The molecule has 0 fully saturated rings. The molecular weight excluding hydrogens is 187 g/mol. The predicted octanol–water partition coefficient (Wildman–Crippen LogP) is -0.0943. The van der Waals surface area contributed by atoms with E-state index in [9.17, 15) is 4.57 Å². The van der Waals surface area contributed by atoms with Gasteiger partial charge in [0.2, 0.25) is 0 Å². The highest BCUT2D eigenvalue weighted by molar-refractivity contribution is 7.17. The Labute approximate surface area is 67.3 Å². The van der Waals surface area contributed by atoms with Crippen LogP contribution in [0.15, 0.2) is 0 Å². The minimum Gasteiger partial charge on any atom is -0.390 e. The fourth-order valence-corrected chi connectivity index (χ4v) is 1.49. The van der Waals surface area contributed by atoms with Crippen LogP contribution in [-0.4, -0.2) is 29.8 Å². The molecule has 0 spiro atoms. The first-order chi connectivity index (χ1) is 5.06. The SMILES string of the molecule is O=POCCCC[Si](O)(O)O. The van der Waals surface area contributed by atoms with E-state index in [1.54, 1.807) is 0 Å². The van der Waals surface area contributed by atoms with Crippen LogP contribution in [-0.2, 0) is 9.09 Å². The van der Waals surface area contributed by atoms with Gasteiger partial charge in [-0.25, -0.2) is 4.57 Å². The van der Waals surface area contributed by atoms with Crippen LogP contribution in [0.1, 0.15) is 12.8 Å². The van der Waals surface area contributed by atoms with Crippen molar-refractivity contribution in [2.45, 2.75) is 18.9 Å². The largest absolute Gasteiger partial charge is 0.492 e. The molecule has 7 heteroatoms. The smallest absolute Gasteiger partial charge is 0.390 e. The highest BCUT2D eigenvalue weighted by Crippen LogP contribution is 2.06. The van der Waals surface area contributed by atoms with Gasteiger partial charge in [0.05, 0.1) is 6.61 Å². The van der Waals surface area contributed by atoms with E-state index in [0.29, 0.717) is 19.4 Å². The van der Waals surface area contributed by atoms with Crippen molar-refractivity contribution in [3.8, 4) is 0 Å². The van der Waals surface area contributed by atoms with Gasteiger partial charge in [-0.2, -0.15) is 0 Å². The molecule has 0 heterocycles. The molecule has 0 aromatic heterocycles. The summed E-state index contributed by atoms with van der Waals surface area (Å²) >= 11 is 0. The summed E-state index contributed by atoms with van der Waals surface area (Å²) in [6.07, 6.45) is 1.02. The van der Waals surface area contributed by atoms with Crippen LogP contribution in [0, 0.1) is 0 Å². The third-order valence-electron chi connectivity index (χ3n) is 1.05. The first-order valence-electron chi connectivity index (χ1n) is 3.18. The molecule has 3 N–H and O–H groups in total. The fraction of sp³-hybridized carbons (Fsp3) is 1.00. The third-order valence-corrected chi connectivity index (χ3v) is 2.36. The highest BCUT2D eigenvalue weighted by atomic mass is 31.1. The van der Waals surface area contributed by atoms with Crippen molar-refractivity contribution < 1.29 is 23.5 Å². The van der Waals surface area contributed by atoms with E-state index in [-0.39, 0.29) is 14.7 Å². The average Bonchev–Trinajstić information content (AvgIpc) is 1.85. The molecule has 0 unspecified atom stereocenters. The first kappa shape index (κ1) is 11.2. The van der Waals surface area contributed by atoms with Gasteiger partial charge in [-0.3, -0.25) is 4.52 Å². The van der Waals surface area contributed by atoms with Gasteiger partial charge in [0.25, 0.3) is 0 Å². The second kappa shape index (κ2) is 5.76. The zero-order valence-electron chi connectivity index (χ0n) is 5.93. The number of hydrogen-bond acceptors (Lipinski definition) is 5. The molecule has 66 valence electrons. The Morgan fingerprint density at radius 1 is 1.27 bits per heavy atom. The lowest BCUT2D eigenvalue weighted by Gasteiger charge is -2.07. The molecule has 0 aliphatic heterocycles. The fourth-order valence-electron chi connectivity index (χ4n) is 0.566. The molecule has 0 bridgehead atoms. The van der Waals surface area contributed by atoms with Crippen LogP contribution >= 0.6 is 8.69 Å². The van der Waals surface area contributed by atoms with Crippen molar-refractivity contribution in [3.63, 3.8) is 0 Å². The normalized spacial score (nSPS) is 12.3. The molecule has 0 aliphatic carbocycles. The zero-order valence-corrected chi connectivity index (χ0v) is 7.83. The monoisotopic (exact) mass is 198 g/mol. The lowest BCUT2D eigenvalue weighted by Crippen LogP contribution is -2.34. The van der Waals surface area contributed by atoms with Crippen LogP contribution in [0.2, 0.25) is 6.04 Å². The summed E-state index contributed by atoms with van der Waals surface area (Å²) in [5, 5.41) is 0. The molecule has 11 heavy (non-hydrogen) atoms. The molecule has 0 aromatic carbocycles. The minimum atomic E-state index is -3.85. The Hall–Kier alpha value is 0.157. The Bertz CT molecular complexity index is 114. The molecule has 0 amide bonds. The summed E-state index contributed by atoms with van der Waals surface area (Å²) in [6.45, 7) is 0.301. The maximum Gasteiger partial charge on any atom is 0.492 e. The molecule has 0 radical (unpaired) electrons. The molecular formula is C4H11O5PSi. The Kier molecular flexibility index (Phi) is 5.84. The standard InChI is InChI=1S/C4H11O5PSi/c5-10-9-3-1-2-4-11(6,7)8/h6-8H,1-4H2. The van der Waals surface area contributed by atoms with Gasteiger partial charge >= 0.3 is 17.5 Å². The number of unbranched alkanes of at least 4 members (excludes halogenated alkanes) is 1. The lowest BCUT2D eigenvalue weighted by atomic mass is 10.4. The summed E-state index contributed by atoms with van der Waals surface area (Å²) in [4.78, 5) is 25.6. The van der Waals surface area contributed by atoms with E-state index in [4.69, 9.17) is 14.4 Å². The second-order valence-corrected chi connectivity index (χ2v) is 4.60. The van der Waals surface area contributed by atoms with Crippen LogP contribution in [0.3, 0.4) is 0 Å². The van der Waals surface area contributed by atoms with Crippen molar-refractivity contribution in [1.29, 1.82) is 0 Å². The zero-order chi connectivity index (χ0) is 8.74. The van der Waals surface area contributed by atoms with Gasteiger partial charge in [0.1, 0.15) is 0 Å². The van der Waals surface area contributed by atoms with Crippen molar-refractivity contribution in [2.24, 2.45) is 0 Å². The van der Waals surface area contributed by atoms with E-state index in [1.807, 2.05) is 0 Å². The van der Waals surface area contributed by atoms with Gasteiger partial charge in [-0.1, -0.05) is 0 Å². The van der Waals surface area contributed by atoms with Crippen LogP contribution in [0.4, 0.5) is 0 Å². The maximum absolute atomic E-state index is 9.70. The third kappa shape index (κ3) is 10.2.